The summed E-state index contributed by atoms with van der Waals surface area (Å²) in [5.74, 6) is -1.37. The van der Waals surface area contributed by atoms with Crippen LogP contribution in [0.1, 0.15) is 60.1 Å². The Labute approximate surface area is 168 Å². The molecule has 2 atom stereocenters. The van der Waals surface area contributed by atoms with Gasteiger partial charge in [0.05, 0.1) is 10.6 Å². The Hall–Kier alpha value is -1.96. The van der Waals surface area contributed by atoms with Crippen molar-refractivity contribution in [3.63, 3.8) is 0 Å². The van der Waals surface area contributed by atoms with Crippen LogP contribution in [0.15, 0.2) is 22.7 Å². The molecule has 148 valence electrons. The number of nitrogens with two attached hydrogens (primary N) is 1. The number of hydrogen-bond donors (Lipinski definition) is 2. The second kappa shape index (κ2) is 9.82. The van der Waals surface area contributed by atoms with Gasteiger partial charge in [0.2, 0.25) is 11.7 Å². The molecule has 2 aromatic rings. The third-order valence-corrected chi connectivity index (χ3v) is 4.30. The number of amides is 1. The van der Waals surface area contributed by atoms with E-state index in [0.717, 1.165) is 0 Å². The van der Waals surface area contributed by atoms with Crippen molar-refractivity contribution in [2.24, 2.45) is 5.73 Å². The molecular formula is C18H22Cl2FN3O3. The second-order valence-electron chi connectivity index (χ2n) is 6.18. The Morgan fingerprint density at radius 3 is 2.59 bits per heavy atom. The standard InChI is InChI=1S/C18H21ClFN3O3.ClH/c1-4-13(22-9(2)7-15(21)24)11-5-6-12(19)16(17(11)20)18(25)14-8-10(3)26-23-14;/h5-6,8-9,13,22H,4,7H2,1-3H3,(H2,21,24);1H/t9-,13-;/m1./s1. The summed E-state index contributed by atoms with van der Waals surface area (Å²) >= 11 is 6.07. The van der Waals surface area contributed by atoms with Crippen molar-refractivity contribution in [2.75, 3.05) is 0 Å². The van der Waals surface area contributed by atoms with Gasteiger partial charge in [-0.2, -0.15) is 0 Å². The minimum atomic E-state index is -0.714. The molecule has 0 saturated heterocycles. The van der Waals surface area contributed by atoms with Crippen molar-refractivity contribution < 1.29 is 18.5 Å². The molecule has 1 aromatic heterocycles. The number of aryl methyl sites for hydroxylation is 1. The first-order valence-electron chi connectivity index (χ1n) is 8.24. The highest BCUT2D eigenvalue weighted by Crippen LogP contribution is 2.30. The maximum absolute atomic E-state index is 15.1. The first kappa shape index (κ1) is 23.1. The number of rotatable bonds is 8. The highest BCUT2D eigenvalue weighted by molar-refractivity contribution is 6.35. The van der Waals surface area contributed by atoms with Crippen molar-refractivity contribution >= 4 is 35.7 Å². The van der Waals surface area contributed by atoms with Gasteiger partial charge in [0.15, 0.2) is 5.69 Å². The Balaban J connectivity index is 0.00000364. The van der Waals surface area contributed by atoms with E-state index in [9.17, 15) is 9.59 Å². The lowest BCUT2D eigenvalue weighted by Crippen LogP contribution is -2.34. The van der Waals surface area contributed by atoms with E-state index in [0.29, 0.717) is 12.2 Å². The first-order chi connectivity index (χ1) is 12.2. The molecule has 9 heteroatoms. The molecule has 0 bridgehead atoms. The lowest BCUT2D eigenvalue weighted by Gasteiger charge is -2.23. The summed E-state index contributed by atoms with van der Waals surface area (Å²) in [5.41, 5.74) is 5.23. The Morgan fingerprint density at radius 1 is 1.41 bits per heavy atom. The molecule has 1 heterocycles. The van der Waals surface area contributed by atoms with E-state index in [-0.39, 0.29) is 46.7 Å². The Morgan fingerprint density at radius 2 is 2.07 bits per heavy atom. The van der Waals surface area contributed by atoms with Crippen LogP contribution in [0.25, 0.3) is 0 Å². The number of aromatic nitrogens is 1. The zero-order valence-electron chi connectivity index (χ0n) is 15.2. The smallest absolute Gasteiger partial charge is 0.219 e. The quantitative estimate of drug-likeness (QED) is 0.637. The van der Waals surface area contributed by atoms with Crippen LogP contribution in [0.4, 0.5) is 4.39 Å². The van der Waals surface area contributed by atoms with Gasteiger partial charge >= 0.3 is 0 Å². The summed E-state index contributed by atoms with van der Waals surface area (Å²) in [6.45, 7) is 5.28. The molecule has 6 nitrogen and oxygen atoms in total. The van der Waals surface area contributed by atoms with Crippen LogP contribution in [-0.4, -0.2) is 22.9 Å². The molecule has 27 heavy (non-hydrogen) atoms. The molecular weight excluding hydrogens is 396 g/mol. The van der Waals surface area contributed by atoms with E-state index in [2.05, 4.69) is 10.5 Å². The number of benzene rings is 1. The molecule has 0 aliphatic heterocycles. The monoisotopic (exact) mass is 417 g/mol. The molecule has 0 aliphatic rings. The van der Waals surface area contributed by atoms with Gasteiger partial charge in [-0.25, -0.2) is 4.39 Å². The fourth-order valence-corrected chi connectivity index (χ4v) is 3.01. The largest absolute Gasteiger partial charge is 0.370 e. The number of primary amides is 1. The molecule has 0 spiro atoms. The van der Waals surface area contributed by atoms with Gasteiger partial charge < -0.3 is 15.6 Å². The summed E-state index contributed by atoms with van der Waals surface area (Å²) in [7, 11) is 0. The van der Waals surface area contributed by atoms with E-state index >= 15 is 4.39 Å². The van der Waals surface area contributed by atoms with Crippen LogP contribution >= 0.6 is 24.0 Å². The molecule has 0 fully saturated rings. The fourth-order valence-electron chi connectivity index (χ4n) is 2.78. The van der Waals surface area contributed by atoms with Gasteiger partial charge in [-0.3, -0.25) is 9.59 Å². The summed E-state index contributed by atoms with van der Waals surface area (Å²) in [4.78, 5) is 23.7. The molecule has 1 aromatic carbocycles. The minimum Gasteiger partial charge on any atom is -0.370 e. The maximum atomic E-state index is 15.1. The third kappa shape index (κ3) is 5.51. The van der Waals surface area contributed by atoms with Crippen molar-refractivity contribution in [2.45, 2.75) is 45.7 Å². The molecule has 2 rings (SSSR count). The highest BCUT2D eigenvalue weighted by Gasteiger charge is 2.26. The zero-order chi connectivity index (χ0) is 19.4. The van der Waals surface area contributed by atoms with Gasteiger partial charge in [-0.15, -0.1) is 12.4 Å². The van der Waals surface area contributed by atoms with E-state index in [1.54, 1.807) is 13.8 Å². The number of nitrogens with one attached hydrogen (secondary N) is 1. The highest BCUT2D eigenvalue weighted by atomic mass is 35.5. The lowest BCUT2D eigenvalue weighted by molar-refractivity contribution is -0.118. The number of carbonyl (C=O) groups excluding carboxylic acids is 2. The van der Waals surface area contributed by atoms with Gasteiger partial charge in [-0.05, 0) is 26.3 Å². The first-order valence-corrected chi connectivity index (χ1v) is 8.62. The number of hydrogen-bond acceptors (Lipinski definition) is 5. The Kier molecular flexibility index (Phi) is 8.40. The minimum absolute atomic E-state index is 0. The third-order valence-electron chi connectivity index (χ3n) is 3.99. The lowest BCUT2D eigenvalue weighted by atomic mass is 9.97. The molecule has 0 unspecified atom stereocenters. The van der Waals surface area contributed by atoms with E-state index in [1.165, 1.54) is 18.2 Å². The van der Waals surface area contributed by atoms with Crippen LogP contribution in [0.5, 0.6) is 0 Å². The number of carbonyl (C=O) groups is 2. The van der Waals surface area contributed by atoms with Crippen molar-refractivity contribution in [1.82, 2.24) is 10.5 Å². The van der Waals surface area contributed by atoms with Gasteiger partial charge in [0.1, 0.15) is 11.6 Å². The molecule has 0 radical (unpaired) electrons. The zero-order valence-corrected chi connectivity index (χ0v) is 16.8. The number of ketones is 1. The molecule has 1 amide bonds. The molecule has 0 aliphatic carbocycles. The van der Waals surface area contributed by atoms with Crippen molar-refractivity contribution in [3.8, 4) is 0 Å². The van der Waals surface area contributed by atoms with Crippen LogP contribution in [-0.2, 0) is 4.79 Å². The van der Waals surface area contributed by atoms with Gasteiger partial charge in [-0.1, -0.05) is 29.7 Å². The van der Waals surface area contributed by atoms with Gasteiger partial charge in [0, 0.05) is 30.1 Å². The average molecular weight is 418 g/mol. The number of nitrogens with zero attached hydrogens (tertiary/aromatic N) is 1. The normalized spacial score (nSPS) is 12.9. The van der Waals surface area contributed by atoms with Crippen molar-refractivity contribution in [1.29, 1.82) is 0 Å². The SMILES string of the molecule is CC[C@@H](N[C@H](C)CC(N)=O)c1ccc(Cl)c(C(=O)c2cc(C)on2)c1F.Cl. The number of halogens is 3. The van der Waals surface area contributed by atoms with E-state index < -0.39 is 23.5 Å². The van der Waals surface area contributed by atoms with Crippen LogP contribution < -0.4 is 11.1 Å². The summed E-state index contributed by atoms with van der Waals surface area (Å²) < 4.78 is 20.0. The summed E-state index contributed by atoms with van der Waals surface area (Å²) in [6.07, 6.45) is 0.661. The van der Waals surface area contributed by atoms with Crippen LogP contribution in [0.2, 0.25) is 5.02 Å². The van der Waals surface area contributed by atoms with E-state index in [4.69, 9.17) is 21.9 Å². The topological polar surface area (TPSA) is 98.2 Å². The Bertz CT molecular complexity index is 826. The summed E-state index contributed by atoms with van der Waals surface area (Å²) in [6, 6.07) is 3.77. The van der Waals surface area contributed by atoms with Gasteiger partial charge in [0.25, 0.3) is 0 Å². The maximum Gasteiger partial charge on any atom is 0.219 e. The van der Waals surface area contributed by atoms with Crippen LogP contribution in [0.3, 0.4) is 0 Å². The van der Waals surface area contributed by atoms with Crippen LogP contribution in [0, 0.1) is 12.7 Å². The van der Waals surface area contributed by atoms with E-state index in [1.807, 2.05) is 6.92 Å². The molecule has 3 N–H and O–H groups in total. The molecule has 0 saturated carbocycles. The summed E-state index contributed by atoms with van der Waals surface area (Å²) in [5, 5.41) is 6.79. The average Bonchev–Trinajstić information content (AvgIpc) is 2.99. The second-order valence-corrected chi connectivity index (χ2v) is 6.58. The predicted molar refractivity (Wildman–Crippen MR) is 103 cm³/mol. The fraction of sp³-hybridized carbons (Fsp3) is 0.389. The predicted octanol–water partition coefficient (Wildman–Crippen LogP) is 3.73. The van der Waals surface area contributed by atoms with Crippen molar-refractivity contribution in [3.05, 3.63) is 51.6 Å².